The lowest BCUT2D eigenvalue weighted by Crippen LogP contribution is -2.27. The normalized spacial score (nSPS) is 12.6. The highest BCUT2D eigenvalue weighted by Gasteiger charge is 2.35. The van der Waals surface area contributed by atoms with Gasteiger partial charge in [0, 0.05) is 34.3 Å². The zero-order chi connectivity index (χ0) is 34.3. The van der Waals surface area contributed by atoms with E-state index in [4.69, 9.17) is 4.74 Å². The summed E-state index contributed by atoms with van der Waals surface area (Å²) in [6.07, 6.45) is -4.84. The minimum absolute atomic E-state index is 0.244. The zero-order valence-electron chi connectivity index (χ0n) is 27.1. The first-order chi connectivity index (χ1) is 22.0. The second kappa shape index (κ2) is 12.7. The van der Waals surface area contributed by atoms with Crippen molar-refractivity contribution in [3.8, 4) is 11.1 Å². The van der Waals surface area contributed by atoms with Crippen molar-refractivity contribution in [1.29, 1.82) is 0 Å². The number of carbonyl (C=O) groups excluding carboxylic acids is 2. The Balaban J connectivity index is 1.36. The van der Waals surface area contributed by atoms with Gasteiger partial charge in [-0.1, -0.05) is 54.6 Å². The molecule has 0 spiro atoms. The number of esters is 1. The molecule has 1 atom stereocenters. The lowest BCUT2D eigenvalue weighted by molar-refractivity contribution is -0.140. The summed E-state index contributed by atoms with van der Waals surface area (Å²) >= 11 is 0. The largest absolute Gasteiger partial charge is 0.456 e. The molecule has 1 amide bonds. The van der Waals surface area contributed by atoms with Crippen molar-refractivity contribution in [3.05, 3.63) is 130 Å². The number of nitrogens with zero attached hydrogens (tertiary/aromatic N) is 1. The highest BCUT2D eigenvalue weighted by atomic mass is 19.4. The predicted molar refractivity (Wildman–Crippen MR) is 175 cm³/mol. The summed E-state index contributed by atoms with van der Waals surface area (Å²) in [5.74, 6) is -2.30. The van der Waals surface area contributed by atoms with Crippen molar-refractivity contribution in [2.75, 3.05) is 0 Å². The van der Waals surface area contributed by atoms with Crippen LogP contribution in [0.5, 0.6) is 0 Å². The molecule has 1 N–H and O–H groups in total. The molecule has 1 heterocycles. The van der Waals surface area contributed by atoms with E-state index < -0.39 is 35.1 Å². The van der Waals surface area contributed by atoms with Crippen LogP contribution in [0, 0.1) is 19.7 Å². The van der Waals surface area contributed by atoms with Crippen molar-refractivity contribution in [2.45, 2.75) is 65.9 Å². The molecule has 5 aromatic rings. The Kier molecular flexibility index (Phi) is 9.04. The number of ether oxygens (including phenoxy) is 1. The van der Waals surface area contributed by atoms with Crippen molar-refractivity contribution in [2.24, 2.45) is 0 Å². The van der Waals surface area contributed by atoms with Crippen molar-refractivity contribution in [3.63, 3.8) is 0 Å². The topological polar surface area (TPSA) is 60.3 Å². The summed E-state index contributed by atoms with van der Waals surface area (Å²) < 4.78 is 62.1. The summed E-state index contributed by atoms with van der Waals surface area (Å²) in [6.45, 7) is 11.5. The number of benzene rings is 4. The van der Waals surface area contributed by atoms with Gasteiger partial charge in [0.25, 0.3) is 5.91 Å². The van der Waals surface area contributed by atoms with Crippen molar-refractivity contribution in [1.82, 2.24) is 9.88 Å². The number of aromatic nitrogens is 1. The van der Waals surface area contributed by atoms with Crippen LogP contribution < -0.4 is 5.32 Å². The van der Waals surface area contributed by atoms with E-state index in [1.165, 1.54) is 13.0 Å². The minimum atomic E-state index is -4.84. The smallest absolute Gasteiger partial charge is 0.419 e. The number of alkyl halides is 3. The zero-order valence-corrected chi connectivity index (χ0v) is 27.1. The Morgan fingerprint density at radius 1 is 0.894 bits per heavy atom. The highest BCUT2D eigenvalue weighted by Crippen LogP contribution is 2.34. The standard InChI is InChI=1S/C38H36F4N2O3/c1-22-24(3)44(21-25-14-16-26(17-15-25)29-10-7-8-11-30(29)36(46)47-37(4,5)6)33-19-18-27(20-31(22)33)35(45)43-23(2)28-12-9-13-32(34(28)39)38(40,41)42/h7-20,23H,21H2,1-6H3,(H,43,45)/t23-/m0/s1. The molecule has 5 rings (SSSR count). The monoisotopic (exact) mass is 644 g/mol. The molecule has 244 valence electrons. The molecular formula is C38H36F4N2O3. The second-order valence-corrected chi connectivity index (χ2v) is 12.7. The SMILES string of the molecule is Cc1c(C)n(Cc2ccc(-c3ccccc3C(=O)OC(C)(C)C)cc2)c2ccc(C(=O)N[C@@H](C)c3cccc(C(F)(F)F)c3F)cc12. The maximum absolute atomic E-state index is 14.7. The van der Waals surface area contributed by atoms with Gasteiger partial charge in [-0.3, -0.25) is 4.79 Å². The molecule has 0 saturated carbocycles. The van der Waals surface area contributed by atoms with Gasteiger partial charge in [-0.25, -0.2) is 9.18 Å². The van der Waals surface area contributed by atoms with Gasteiger partial charge in [-0.2, -0.15) is 13.2 Å². The van der Waals surface area contributed by atoms with Crippen LogP contribution in [0.2, 0.25) is 0 Å². The van der Waals surface area contributed by atoms with Crippen LogP contribution >= 0.6 is 0 Å². The number of halogens is 4. The molecule has 0 radical (unpaired) electrons. The Morgan fingerprint density at radius 2 is 1.57 bits per heavy atom. The molecule has 0 aliphatic carbocycles. The minimum Gasteiger partial charge on any atom is -0.456 e. The summed E-state index contributed by atoms with van der Waals surface area (Å²) in [7, 11) is 0. The number of hydrogen-bond acceptors (Lipinski definition) is 3. The average Bonchev–Trinajstić information content (AvgIpc) is 3.24. The van der Waals surface area contributed by atoms with Gasteiger partial charge in [-0.15, -0.1) is 0 Å². The van der Waals surface area contributed by atoms with Gasteiger partial charge in [0.2, 0.25) is 0 Å². The molecular weight excluding hydrogens is 608 g/mol. The number of fused-ring (bicyclic) bond motifs is 1. The second-order valence-electron chi connectivity index (χ2n) is 12.7. The fraction of sp³-hybridized carbons (Fsp3) is 0.263. The van der Waals surface area contributed by atoms with Gasteiger partial charge in [0.15, 0.2) is 0 Å². The molecule has 5 nitrogen and oxygen atoms in total. The first-order valence-corrected chi connectivity index (χ1v) is 15.2. The van der Waals surface area contributed by atoms with E-state index in [-0.39, 0.29) is 11.5 Å². The van der Waals surface area contributed by atoms with Crippen LogP contribution in [0.4, 0.5) is 17.6 Å². The first-order valence-electron chi connectivity index (χ1n) is 15.2. The first kappa shape index (κ1) is 33.4. The molecule has 0 aliphatic rings. The van der Waals surface area contributed by atoms with Gasteiger partial charge >= 0.3 is 12.1 Å². The van der Waals surface area contributed by atoms with Gasteiger partial charge in [0.05, 0.1) is 17.2 Å². The Hall–Kier alpha value is -4.92. The van der Waals surface area contributed by atoms with Gasteiger partial charge in [-0.05, 0) is 94.1 Å². The fourth-order valence-corrected chi connectivity index (χ4v) is 5.67. The quantitative estimate of drug-likeness (QED) is 0.142. The van der Waals surface area contributed by atoms with E-state index in [0.717, 1.165) is 44.9 Å². The van der Waals surface area contributed by atoms with E-state index in [0.29, 0.717) is 23.7 Å². The number of rotatable bonds is 7. The third kappa shape index (κ3) is 7.09. The summed E-state index contributed by atoms with van der Waals surface area (Å²) in [5.41, 5.74) is 4.17. The van der Waals surface area contributed by atoms with Gasteiger partial charge < -0.3 is 14.6 Å². The molecule has 0 unspecified atom stereocenters. The summed E-state index contributed by atoms with van der Waals surface area (Å²) in [5, 5.41) is 3.49. The third-order valence-electron chi connectivity index (χ3n) is 8.20. The van der Waals surface area contributed by atoms with E-state index in [2.05, 4.69) is 9.88 Å². The maximum Gasteiger partial charge on any atom is 0.419 e. The number of aryl methyl sites for hydroxylation is 1. The van der Waals surface area contributed by atoms with E-state index in [1.54, 1.807) is 18.2 Å². The van der Waals surface area contributed by atoms with Crippen LogP contribution in [0.3, 0.4) is 0 Å². The maximum atomic E-state index is 14.7. The van der Waals surface area contributed by atoms with Crippen molar-refractivity contribution >= 4 is 22.8 Å². The van der Waals surface area contributed by atoms with Crippen LogP contribution in [0.1, 0.15) is 82.4 Å². The molecule has 0 saturated heterocycles. The van der Waals surface area contributed by atoms with Gasteiger partial charge in [0.1, 0.15) is 11.4 Å². The van der Waals surface area contributed by atoms with Crippen LogP contribution in [0.25, 0.3) is 22.0 Å². The Labute approximate surface area is 271 Å². The molecule has 0 fully saturated rings. The molecule has 0 bridgehead atoms. The van der Waals surface area contributed by atoms with E-state index in [9.17, 15) is 27.2 Å². The Bertz CT molecular complexity index is 1970. The molecule has 47 heavy (non-hydrogen) atoms. The number of hydrogen-bond donors (Lipinski definition) is 1. The van der Waals surface area contributed by atoms with E-state index >= 15 is 0 Å². The lowest BCUT2D eigenvalue weighted by Gasteiger charge is -2.20. The highest BCUT2D eigenvalue weighted by molar-refractivity contribution is 5.99. The average molecular weight is 645 g/mol. The molecule has 0 aliphatic heterocycles. The van der Waals surface area contributed by atoms with Crippen LogP contribution in [-0.2, 0) is 17.5 Å². The number of amides is 1. The molecule has 1 aromatic heterocycles. The van der Waals surface area contributed by atoms with Crippen molar-refractivity contribution < 1.29 is 31.9 Å². The Morgan fingerprint density at radius 3 is 2.23 bits per heavy atom. The number of carbonyl (C=O) groups is 2. The molecule has 4 aromatic carbocycles. The summed E-state index contributed by atoms with van der Waals surface area (Å²) in [4.78, 5) is 26.0. The van der Waals surface area contributed by atoms with Crippen LogP contribution in [0.15, 0.2) is 84.9 Å². The fourth-order valence-electron chi connectivity index (χ4n) is 5.67. The molecule has 9 heteroatoms. The van der Waals surface area contributed by atoms with Crippen LogP contribution in [-0.4, -0.2) is 22.0 Å². The number of nitrogens with one attached hydrogen (secondary N) is 1. The van der Waals surface area contributed by atoms with E-state index in [1.807, 2.05) is 83.1 Å². The predicted octanol–water partition coefficient (Wildman–Crippen LogP) is 9.58. The third-order valence-corrected chi connectivity index (χ3v) is 8.20. The lowest BCUT2D eigenvalue weighted by atomic mass is 9.98. The summed E-state index contributed by atoms with van der Waals surface area (Å²) in [6, 6.07) is 22.6.